The van der Waals surface area contributed by atoms with Gasteiger partial charge in [0, 0.05) is 75.3 Å². The number of rotatable bonds is 6. The number of nitrogens with two attached hydrogens (primary N) is 1. The average Bonchev–Trinajstić information content (AvgIpc) is 3.31. The summed E-state index contributed by atoms with van der Waals surface area (Å²) in [6, 6.07) is 4.70. The summed E-state index contributed by atoms with van der Waals surface area (Å²) in [5.74, 6) is -0.0744. The predicted molar refractivity (Wildman–Crippen MR) is 152 cm³/mol. The molecule has 5 rings (SSSR count). The van der Waals surface area contributed by atoms with Crippen LogP contribution in [0, 0.1) is 0 Å². The number of piperazine rings is 1. The fraction of sp³-hybridized carbons (Fsp3) is 0.520. The smallest absolute Gasteiger partial charge is 0.214 e. The summed E-state index contributed by atoms with van der Waals surface area (Å²) in [5.41, 5.74) is 9.37. The van der Waals surface area contributed by atoms with E-state index in [-0.39, 0.29) is 0 Å². The maximum absolute atomic E-state index is 6.79. The highest BCUT2D eigenvalue weighted by Crippen LogP contribution is 2.40. The first-order valence-corrected chi connectivity index (χ1v) is 13.8. The fourth-order valence-electron chi connectivity index (χ4n) is 5.27. The molecule has 0 radical (unpaired) electrons. The van der Waals surface area contributed by atoms with E-state index in [2.05, 4.69) is 64.5 Å². The molecule has 3 aliphatic rings. The van der Waals surface area contributed by atoms with E-state index in [1.54, 1.807) is 24.2 Å². The Kier molecular flexibility index (Phi) is 7.69. The maximum Gasteiger partial charge on any atom is 0.214 e. The Hall–Kier alpha value is -2.31. The third kappa shape index (κ3) is 5.61. The van der Waals surface area contributed by atoms with Gasteiger partial charge in [-0.25, -0.2) is 4.99 Å². The van der Waals surface area contributed by atoms with Gasteiger partial charge in [-0.2, -0.15) is 5.10 Å². The number of aromatic nitrogens is 2. The summed E-state index contributed by atoms with van der Waals surface area (Å²) in [7, 11) is 5.71. The molecule has 200 valence electrons. The Bertz CT molecular complexity index is 1180. The van der Waals surface area contributed by atoms with Gasteiger partial charge in [-0.05, 0) is 41.9 Å². The summed E-state index contributed by atoms with van der Waals surface area (Å²) in [5, 5.41) is 11.1. The fourth-order valence-corrected chi connectivity index (χ4v) is 6.01. The van der Waals surface area contributed by atoms with Crippen molar-refractivity contribution in [2.45, 2.75) is 24.7 Å². The third-order valence-corrected chi connectivity index (χ3v) is 8.37. The van der Waals surface area contributed by atoms with Gasteiger partial charge in [0.1, 0.15) is 11.6 Å². The lowest BCUT2D eigenvalue weighted by Crippen LogP contribution is -2.52. The summed E-state index contributed by atoms with van der Waals surface area (Å²) in [6.45, 7) is 6.63. The van der Waals surface area contributed by atoms with Crippen LogP contribution in [-0.2, 0) is 12.8 Å². The second-order valence-electron chi connectivity index (χ2n) is 9.96. The van der Waals surface area contributed by atoms with Crippen LogP contribution in [0.25, 0.3) is 0 Å². The quantitative estimate of drug-likeness (QED) is 0.471. The van der Waals surface area contributed by atoms with Crippen molar-refractivity contribution in [2.75, 3.05) is 63.6 Å². The zero-order valence-electron chi connectivity index (χ0n) is 21.5. The first-order chi connectivity index (χ1) is 17.8. The van der Waals surface area contributed by atoms with E-state index < -0.39 is 5.79 Å². The minimum Gasteiger partial charge on any atom is -0.496 e. The first kappa shape index (κ1) is 26.3. The number of nitrogens with zero attached hydrogens (tertiary/aromatic N) is 6. The Morgan fingerprint density at radius 2 is 1.89 bits per heavy atom. The second-order valence-corrected chi connectivity index (χ2v) is 11.2. The molecule has 10 nitrogen and oxygen atoms in total. The summed E-state index contributed by atoms with van der Waals surface area (Å²) in [4.78, 5) is 12.0. The number of piperidine rings is 1. The van der Waals surface area contributed by atoms with Crippen molar-refractivity contribution in [3.8, 4) is 5.75 Å². The van der Waals surface area contributed by atoms with Crippen LogP contribution < -0.4 is 26.0 Å². The van der Waals surface area contributed by atoms with Crippen molar-refractivity contribution in [1.82, 2.24) is 24.9 Å². The SMILES string of the molecule is COc1cc(N2CCC(N3CCN(C)CC3)CC2)c(Br)cc1C1(N)N=CC(Cl)=C(Nc2cnn(C)c2)N1. The highest BCUT2D eigenvalue weighted by atomic mass is 79.9. The van der Waals surface area contributed by atoms with E-state index in [1.165, 1.54) is 0 Å². The van der Waals surface area contributed by atoms with Crippen molar-refractivity contribution in [1.29, 1.82) is 0 Å². The molecule has 0 saturated carbocycles. The van der Waals surface area contributed by atoms with Gasteiger partial charge in [0.15, 0.2) is 0 Å². The summed E-state index contributed by atoms with van der Waals surface area (Å²) in [6.07, 6.45) is 7.42. The Morgan fingerprint density at radius 1 is 1.16 bits per heavy atom. The minimum absolute atomic E-state index is 0.419. The number of benzene rings is 1. The number of halogens is 2. The van der Waals surface area contributed by atoms with Gasteiger partial charge in [-0.3, -0.25) is 15.3 Å². The van der Waals surface area contributed by atoms with Gasteiger partial charge < -0.3 is 25.2 Å². The van der Waals surface area contributed by atoms with Gasteiger partial charge in [0.05, 0.1) is 35.3 Å². The van der Waals surface area contributed by atoms with Crippen LogP contribution in [0.3, 0.4) is 0 Å². The number of methoxy groups -OCH3 is 1. The number of anilines is 2. The van der Waals surface area contributed by atoms with E-state index in [9.17, 15) is 0 Å². The number of aryl methyl sites for hydroxylation is 1. The molecule has 3 aliphatic heterocycles. The van der Waals surface area contributed by atoms with Crippen molar-refractivity contribution >= 4 is 45.1 Å². The largest absolute Gasteiger partial charge is 0.496 e. The molecular formula is C25H35BrClN9O. The Balaban J connectivity index is 1.32. The van der Waals surface area contributed by atoms with E-state index in [1.807, 2.05) is 19.3 Å². The first-order valence-electron chi connectivity index (χ1n) is 12.6. The van der Waals surface area contributed by atoms with Crippen LogP contribution >= 0.6 is 27.5 Å². The summed E-state index contributed by atoms with van der Waals surface area (Å²) < 4.78 is 8.48. The summed E-state index contributed by atoms with van der Waals surface area (Å²) >= 11 is 10.2. The lowest BCUT2D eigenvalue weighted by Gasteiger charge is -2.43. The average molecular weight is 593 g/mol. The maximum atomic E-state index is 6.79. The molecule has 1 aromatic carbocycles. The normalized spacial score (nSPS) is 23.9. The van der Waals surface area contributed by atoms with Crippen LogP contribution in [0.1, 0.15) is 18.4 Å². The molecule has 4 heterocycles. The van der Waals surface area contributed by atoms with Gasteiger partial charge in [0.2, 0.25) is 5.79 Å². The van der Waals surface area contributed by atoms with Crippen molar-refractivity contribution in [3.63, 3.8) is 0 Å². The number of hydrogen-bond donors (Lipinski definition) is 3. The van der Waals surface area contributed by atoms with Gasteiger partial charge in [-0.15, -0.1) is 0 Å². The number of likely N-dealkylation sites (N-methyl/N-ethyl adjacent to an activating group) is 1. The number of allylic oxidation sites excluding steroid dienone is 1. The molecule has 1 unspecified atom stereocenters. The number of ether oxygens (including phenoxy) is 1. The molecule has 4 N–H and O–H groups in total. The zero-order valence-corrected chi connectivity index (χ0v) is 23.9. The molecule has 1 aromatic heterocycles. The third-order valence-electron chi connectivity index (χ3n) is 7.45. The zero-order chi connectivity index (χ0) is 26.2. The van der Waals surface area contributed by atoms with Gasteiger partial charge in [-0.1, -0.05) is 11.6 Å². The molecule has 12 heteroatoms. The van der Waals surface area contributed by atoms with Crippen molar-refractivity contribution in [2.24, 2.45) is 17.8 Å². The molecule has 2 aromatic rings. The van der Waals surface area contributed by atoms with E-state index in [0.717, 1.165) is 68.0 Å². The van der Waals surface area contributed by atoms with Crippen LogP contribution in [0.15, 0.2) is 44.8 Å². The molecule has 2 fully saturated rings. The van der Waals surface area contributed by atoms with Crippen LogP contribution in [0.4, 0.5) is 11.4 Å². The molecule has 37 heavy (non-hydrogen) atoms. The molecular weight excluding hydrogens is 558 g/mol. The Morgan fingerprint density at radius 3 is 2.54 bits per heavy atom. The molecule has 0 amide bonds. The van der Waals surface area contributed by atoms with Crippen molar-refractivity contribution < 1.29 is 4.74 Å². The number of nitrogens with one attached hydrogen (secondary N) is 2. The van der Waals surface area contributed by atoms with Crippen LogP contribution in [0.5, 0.6) is 5.75 Å². The van der Waals surface area contributed by atoms with Gasteiger partial charge in [0.25, 0.3) is 0 Å². The van der Waals surface area contributed by atoms with E-state index in [0.29, 0.717) is 28.2 Å². The number of hydrogen-bond acceptors (Lipinski definition) is 9. The van der Waals surface area contributed by atoms with Crippen molar-refractivity contribution in [3.05, 3.63) is 45.4 Å². The monoisotopic (exact) mass is 591 g/mol. The highest BCUT2D eigenvalue weighted by molar-refractivity contribution is 9.10. The van der Waals surface area contributed by atoms with E-state index in [4.69, 9.17) is 22.1 Å². The minimum atomic E-state index is -1.27. The standard InChI is InChI=1S/C25H35BrClN9O/c1-33-8-10-35(11-9-33)18-4-6-36(7-5-18)22-13-23(37-3)19(12-20(22)26)25(28)29-15-21(27)24(32-25)31-17-14-30-34(2)16-17/h12-16,18,31-32H,4-11,28H2,1-3H3. The molecule has 0 spiro atoms. The Labute approximate surface area is 231 Å². The molecule has 0 aliphatic carbocycles. The lowest BCUT2D eigenvalue weighted by atomic mass is 10.0. The number of aliphatic imine (C=N–C) groups is 1. The predicted octanol–water partition coefficient (Wildman–Crippen LogP) is 2.67. The highest BCUT2D eigenvalue weighted by Gasteiger charge is 2.35. The lowest BCUT2D eigenvalue weighted by molar-refractivity contribution is 0.0982. The van der Waals surface area contributed by atoms with E-state index >= 15 is 0 Å². The molecule has 0 bridgehead atoms. The topological polar surface area (TPSA) is 99.2 Å². The van der Waals surface area contributed by atoms with Crippen LogP contribution in [0.2, 0.25) is 0 Å². The second kappa shape index (κ2) is 10.8. The molecule has 2 saturated heterocycles. The molecule has 1 atom stereocenters. The van der Waals surface area contributed by atoms with Gasteiger partial charge >= 0.3 is 0 Å². The van der Waals surface area contributed by atoms with Crippen LogP contribution in [-0.4, -0.2) is 85.3 Å².